The van der Waals surface area contributed by atoms with Gasteiger partial charge in [-0.05, 0) is 30.9 Å². The maximum Gasteiger partial charge on any atom is 0.303 e. The van der Waals surface area contributed by atoms with E-state index in [9.17, 15) is 14.0 Å². The van der Waals surface area contributed by atoms with Crippen LogP contribution >= 0.6 is 0 Å². The molecular weight excluding hydrogens is 263 g/mol. The second-order valence-corrected chi connectivity index (χ2v) is 4.59. The third-order valence-corrected chi connectivity index (χ3v) is 3.19. The molecule has 2 N–H and O–H groups in total. The molecule has 0 aliphatic rings. The molecule has 1 aromatic heterocycles. The molecule has 0 saturated carbocycles. The van der Waals surface area contributed by atoms with Gasteiger partial charge in [-0.2, -0.15) is 4.39 Å². The zero-order chi connectivity index (χ0) is 15.0. The van der Waals surface area contributed by atoms with Gasteiger partial charge in [0.25, 0.3) is 5.91 Å². The topological polar surface area (TPSA) is 79.3 Å². The van der Waals surface area contributed by atoms with E-state index in [1.165, 1.54) is 18.3 Å². The van der Waals surface area contributed by atoms with E-state index in [-0.39, 0.29) is 17.9 Å². The number of hydrogen-bond donors (Lipinski definition) is 2. The van der Waals surface area contributed by atoms with Crippen LogP contribution in [-0.2, 0) is 4.79 Å². The lowest BCUT2D eigenvalue weighted by atomic mass is 9.96. The number of aromatic nitrogens is 1. The fourth-order valence-corrected chi connectivity index (χ4v) is 1.92. The molecule has 110 valence electrons. The molecule has 1 atom stereocenters. The van der Waals surface area contributed by atoms with Gasteiger partial charge in [0.1, 0.15) is 0 Å². The third-order valence-electron chi connectivity index (χ3n) is 3.19. The highest BCUT2D eigenvalue weighted by Gasteiger charge is 2.13. The van der Waals surface area contributed by atoms with Crippen LogP contribution < -0.4 is 5.32 Å². The Morgan fingerprint density at radius 1 is 1.45 bits per heavy atom. The van der Waals surface area contributed by atoms with E-state index in [0.29, 0.717) is 19.4 Å². The van der Waals surface area contributed by atoms with Crippen molar-refractivity contribution in [1.29, 1.82) is 0 Å². The van der Waals surface area contributed by atoms with Crippen molar-refractivity contribution in [3.8, 4) is 0 Å². The van der Waals surface area contributed by atoms with E-state index in [4.69, 9.17) is 5.11 Å². The molecule has 1 unspecified atom stereocenters. The summed E-state index contributed by atoms with van der Waals surface area (Å²) in [6.45, 7) is 2.38. The zero-order valence-corrected chi connectivity index (χ0v) is 11.4. The lowest BCUT2D eigenvalue weighted by Crippen LogP contribution is -2.27. The Balaban J connectivity index is 2.37. The van der Waals surface area contributed by atoms with Crippen LogP contribution in [0.15, 0.2) is 18.3 Å². The number of nitrogens with one attached hydrogen (secondary N) is 1. The van der Waals surface area contributed by atoms with Gasteiger partial charge in [0.05, 0.1) is 5.56 Å². The summed E-state index contributed by atoms with van der Waals surface area (Å²) >= 11 is 0. The van der Waals surface area contributed by atoms with Gasteiger partial charge in [0, 0.05) is 19.2 Å². The van der Waals surface area contributed by atoms with Crippen LogP contribution in [0.5, 0.6) is 0 Å². The van der Waals surface area contributed by atoms with Gasteiger partial charge in [-0.1, -0.05) is 13.3 Å². The molecule has 0 aliphatic carbocycles. The fourth-order valence-electron chi connectivity index (χ4n) is 1.92. The van der Waals surface area contributed by atoms with Crippen molar-refractivity contribution in [1.82, 2.24) is 10.3 Å². The molecule has 0 fully saturated rings. The van der Waals surface area contributed by atoms with Crippen LogP contribution in [0.25, 0.3) is 0 Å². The van der Waals surface area contributed by atoms with Crippen LogP contribution in [0.4, 0.5) is 4.39 Å². The van der Waals surface area contributed by atoms with Gasteiger partial charge in [-0.15, -0.1) is 0 Å². The van der Waals surface area contributed by atoms with Gasteiger partial charge in [0.15, 0.2) is 0 Å². The van der Waals surface area contributed by atoms with Crippen LogP contribution in [0, 0.1) is 11.9 Å². The number of halogens is 1. The summed E-state index contributed by atoms with van der Waals surface area (Å²) in [7, 11) is 0. The van der Waals surface area contributed by atoms with E-state index < -0.39 is 17.8 Å². The molecule has 20 heavy (non-hydrogen) atoms. The van der Waals surface area contributed by atoms with E-state index in [2.05, 4.69) is 10.3 Å². The smallest absolute Gasteiger partial charge is 0.303 e. The van der Waals surface area contributed by atoms with Gasteiger partial charge >= 0.3 is 5.97 Å². The van der Waals surface area contributed by atoms with Gasteiger partial charge in [-0.25, -0.2) is 4.98 Å². The number of aliphatic carboxylic acids is 1. The molecule has 5 nitrogen and oxygen atoms in total. The van der Waals surface area contributed by atoms with Crippen molar-refractivity contribution in [3.63, 3.8) is 0 Å². The van der Waals surface area contributed by atoms with Crippen molar-refractivity contribution in [2.45, 2.75) is 32.6 Å². The molecule has 1 amide bonds. The fraction of sp³-hybridized carbons (Fsp3) is 0.500. The Morgan fingerprint density at radius 3 is 2.80 bits per heavy atom. The molecule has 1 rings (SSSR count). The first kappa shape index (κ1) is 16.1. The number of amides is 1. The minimum Gasteiger partial charge on any atom is -0.481 e. The maximum absolute atomic E-state index is 13.3. The minimum absolute atomic E-state index is 0.0777. The summed E-state index contributed by atoms with van der Waals surface area (Å²) in [4.78, 5) is 25.6. The number of hydrogen-bond acceptors (Lipinski definition) is 3. The summed E-state index contributed by atoms with van der Waals surface area (Å²) < 4.78 is 13.3. The Kier molecular flexibility index (Phi) is 6.63. The highest BCUT2D eigenvalue weighted by molar-refractivity contribution is 5.94. The van der Waals surface area contributed by atoms with Crippen LogP contribution in [0.2, 0.25) is 0 Å². The second kappa shape index (κ2) is 8.24. The van der Waals surface area contributed by atoms with Gasteiger partial charge in [-0.3, -0.25) is 9.59 Å². The summed E-state index contributed by atoms with van der Waals surface area (Å²) in [5, 5.41) is 11.3. The minimum atomic E-state index is -0.815. The molecule has 1 aromatic rings. The highest BCUT2D eigenvalue weighted by atomic mass is 19.1. The molecular formula is C14H19FN2O3. The van der Waals surface area contributed by atoms with Crippen LogP contribution in [0.3, 0.4) is 0 Å². The maximum atomic E-state index is 13.3. The van der Waals surface area contributed by atoms with Crippen molar-refractivity contribution in [2.24, 2.45) is 5.92 Å². The van der Waals surface area contributed by atoms with Crippen molar-refractivity contribution >= 4 is 11.9 Å². The Bertz CT molecular complexity index is 465. The molecule has 6 heteroatoms. The number of rotatable bonds is 8. The standard InChI is InChI=1S/C14H19FN2O3/c1-2-10(5-6-12(18)19)7-9-17-14(20)11-4-3-8-16-13(11)15/h3-4,8,10H,2,5-7,9H2,1H3,(H,17,20)(H,18,19). The number of carbonyl (C=O) groups is 2. The highest BCUT2D eigenvalue weighted by Crippen LogP contribution is 2.14. The number of pyridine rings is 1. The number of carboxylic acid groups (broad SMARTS) is 1. The SMILES string of the molecule is CCC(CCNC(=O)c1cccnc1F)CCC(=O)O. The summed E-state index contributed by atoms with van der Waals surface area (Å²) in [5.74, 6) is -1.86. The first-order valence-electron chi connectivity index (χ1n) is 6.65. The van der Waals surface area contributed by atoms with Gasteiger partial charge < -0.3 is 10.4 Å². The Morgan fingerprint density at radius 2 is 2.20 bits per heavy atom. The number of carbonyl (C=O) groups excluding carboxylic acids is 1. The van der Waals surface area contributed by atoms with Gasteiger partial charge in [0.2, 0.25) is 5.95 Å². The first-order valence-corrected chi connectivity index (χ1v) is 6.65. The van der Waals surface area contributed by atoms with E-state index >= 15 is 0 Å². The Hall–Kier alpha value is -1.98. The lowest BCUT2D eigenvalue weighted by Gasteiger charge is -2.14. The molecule has 0 radical (unpaired) electrons. The average Bonchev–Trinajstić information content (AvgIpc) is 2.42. The van der Waals surface area contributed by atoms with E-state index in [1.54, 1.807) is 0 Å². The Labute approximate surface area is 117 Å². The molecule has 0 aromatic carbocycles. The normalized spacial score (nSPS) is 11.9. The molecule has 0 aliphatic heterocycles. The first-order chi connectivity index (χ1) is 9.54. The number of nitrogens with zero attached hydrogens (tertiary/aromatic N) is 1. The molecule has 0 saturated heterocycles. The van der Waals surface area contributed by atoms with Crippen LogP contribution in [0.1, 0.15) is 43.0 Å². The van der Waals surface area contributed by atoms with E-state index in [0.717, 1.165) is 6.42 Å². The predicted octanol–water partition coefficient (Wildman–Crippen LogP) is 2.23. The largest absolute Gasteiger partial charge is 0.481 e. The van der Waals surface area contributed by atoms with Crippen molar-refractivity contribution < 1.29 is 19.1 Å². The quantitative estimate of drug-likeness (QED) is 0.717. The molecule has 1 heterocycles. The second-order valence-electron chi connectivity index (χ2n) is 4.59. The van der Waals surface area contributed by atoms with Crippen molar-refractivity contribution in [3.05, 3.63) is 29.8 Å². The lowest BCUT2D eigenvalue weighted by molar-refractivity contribution is -0.137. The summed E-state index contributed by atoms with van der Waals surface area (Å²) in [5.41, 5.74) is -0.0777. The predicted molar refractivity (Wildman–Crippen MR) is 71.8 cm³/mol. The summed E-state index contributed by atoms with van der Waals surface area (Å²) in [6.07, 6.45) is 3.53. The zero-order valence-electron chi connectivity index (χ0n) is 11.4. The molecule has 0 spiro atoms. The molecule has 0 bridgehead atoms. The average molecular weight is 282 g/mol. The summed E-state index contributed by atoms with van der Waals surface area (Å²) in [6, 6.07) is 2.87. The van der Waals surface area contributed by atoms with Crippen LogP contribution in [-0.4, -0.2) is 28.5 Å². The third kappa shape index (κ3) is 5.34. The van der Waals surface area contributed by atoms with E-state index in [1.807, 2.05) is 6.92 Å². The number of carboxylic acids is 1. The monoisotopic (exact) mass is 282 g/mol. The van der Waals surface area contributed by atoms with Crippen molar-refractivity contribution in [2.75, 3.05) is 6.54 Å².